The Hall–Kier alpha value is -3.00. The molecule has 2 aliphatic rings. The molecule has 1 aliphatic carbocycles. The van der Waals surface area contributed by atoms with Gasteiger partial charge in [-0.25, -0.2) is 9.97 Å². The lowest BCUT2D eigenvalue weighted by atomic mass is 10.1. The van der Waals surface area contributed by atoms with Crippen molar-refractivity contribution in [2.45, 2.75) is 25.7 Å². The first-order chi connectivity index (χ1) is 14.1. The summed E-state index contributed by atoms with van der Waals surface area (Å²) in [6.45, 7) is 4.75. The smallest absolute Gasteiger partial charge is 0.256 e. The SMILES string of the molecule is Cc1nn(C)c2nc(C3CC3)cc(C(=O)Nc3cccnc3N3CCOCC3)c12. The lowest BCUT2D eigenvalue weighted by Crippen LogP contribution is -2.37. The minimum atomic E-state index is -0.155. The molecule has 0 spiro atoms. The van der Waals surface area contributed by atoms with E-state index in [4.69, 9.17) is 9.72 Å². The molecule has 1 aliphatic heterocycles. The molecule has 3 aromatic heterocycles. The first kappa shape index (κ1) is 18.1. The third-order valence-electron chi connectivity index (χ3n) is 5.57. The fraction of sp³-hybridized carbons (Fsp3) is 0.429. The van der Waals surface area contributed by atoms with E-state index in [2.05, 4.69) is 20.3 Å². The van der Waals surface area contributed by atoms with Crippen molar-refractivity contribution in [1.82, 2.24) is 19.7 Å². The monoisotopic (exact) mass is 392 g/mol. The number of aryl methyl sites for hydroxylation is 2. The van der Waals surface area contributed by atoms with E-state index in [1.54, 1.807) is 10.9 Å². The van der Waals surface area contributed by atoms with Crippen molar-refractivity contribution in [3.8, 4) is 0 Å². The molecule has 1 saturated heterocycles. The molecular weight excluding hydrogens is 368 g/mol. The van der Waals surface area contributed by atoms with Crippen LogP contribution in [0, 0.1) is 6.92 Å². The minimum absolute atomic E-state index is 0.155. The second-order valence-electron chi connectivity index (χ2n) is 7.70. The first-order valence-electron chi connectivity index (χ1n) is 10.0. The van der Waals surface area contributed by atoms with Crippen LogP contribution in [-0.2, 0) is 11.8 Å². The Bertz CT molecular complexity index is 1080. The van der Waals surface area contributed by atoms with Crippen molar-refractivity contribution in [2.24, 2.45) is 7.05 Å². The molecule has 5 rings (SSSR count). The summed E-state index contributed by atoms with van der Waals surface area (Å²) < 4.78 is 7.20. The standard InChI is InChI=1S/C21H24N6O2/c1-13-18-15(12-17(14-5-6-14)23-20(18)26(2)25-13)21(28)24-16-4-3-7-22-19(16)27-8-10-29-11-9-27/h3-4,7,12,14H,5-6,8-11H2,1-2H3,(H,24,28). The maximum absolute atomic E-state index is 13.4. The molecule has 8 nitrogen and oxygen atoms in total. The summed E-state index contributed by atoms with van der Waals surface area (Å²) in [5.74, 6) is 1.07. The van der Waals surface area contributed by atoms with Crippen LogP contribution >= 0.6 is 0 Å². The Morgan fingerprint density at radius 2 is 2.07 bits per heavy atom. The number of rotatable bonds is 4. The van der Waals surface area contributed by atoms with Crippen molar-refractivity contribution in [1.29, 1.82) is 0 Å². The molecule has 1 saturated carbocycles. The molecule has 29 heavy (non-hydrogen) atoms. The third-order valence-corrected chi connectivity index (χ3v) is 5.57. The van der Waals surface area contributed by atoms with Crippen molar-refractivity contribution in [3.63, 3.8) is 0 Å². The van der Waals surface area contributed by atoms with Crippen LogP contribution in [0.2, 0.25) is 0 Å². The van der Waals surface area contributed by atoms with Crippen molar-refractivity contribution in [2.75, 3.05) is 36.5 Å². The highest BCUT2D eigenvalue weighted by Crippen LogP contribution is 2.40. The molecule has 0 radical (unpaired) electrons. The van der Waals surface area contributed by atoms with Crippen LogP contribution in [-0.4, -0.2) is 52.0 Å². The van der Waals surface area contributed by atoms with E-state index in [1.165, 1.54) is 0 Å². The maximum Gasteiger partial charge on any atom is 0.256 e. The number of nitrogens with zero attached hydrogens (tertiary/aromatic N) is 5. The molecule has 1 amide bonds. The molecule has 0 aromatic carbocycles. The predicted octanol–water partition coefficient (Wildman–Crippen LogP) is 2.64. The van der Waals surface area contributed by atoms with E-state index in [-0.39, 0.29) is 5.91 Å². The maximum atomic E-state index is 13.4. The molecule has 3 aromatic rings. The van der Waals surface area contributed by atoms with Crippen LogP contribution in [0.25, 0.3) is 11.0 Å². The van der Waals surface area contributed by atoms with E-state index >= 15 is 0 Å². The Balaban J connectivity index is 1.53. The van der Waals surface area contributed by atoms with E-state index in [9.17, 15) is 4.79 Å². The Kier molecular flexibility index (Phi) is 4.43. The summed E-state index contributed by atoms with van der Waals surface area (Å²) in [6, 6.07) is 5.67. The van der Waals surface area contributed by atoms with Crippen LogP contribution in [0.1, 0.15) is 40.5 Å². The fourth-order valence-electron chi connectivity index (χ4n) is 3.94. The van der Waals surface area contributed by atoms with Crippen LogP contribution < -0.4 is 10.2 Å². The first-order valence-corrected chi connectivity index (χ1v) is 10.0. The van der Waals surface area contributed by atoms with Crippen molar-refractivity contribution >= 4 is 28.4 Å². The zero-order chi connectivity index (χ0) is 20.0. The second-order valence-corrected chi connectivity index (χ2v) is 7.70. The van der Waals surface area contributed by atoms with Gasteiger partial charge in [-0.2, -0.15) is 5.10 Å². The number of anilines is 2. The fourth-order valence-corrected chi connectivity index (χ4v) is 3.94. The largest absolute Gasteiger partial charge is 0.378 e. The van der Waals surface area contributed by atoms with Gasteiger partial charge in [0.2, 0.25) is 0 Å². The molecular formula is C21H24N6O2. The van der Waals surface area contributed by atoms with Crippen LogP contribution in [0.3, 0.4) is 0 Å². The number of carbonyl (C=O) groups is 1. The van der Waals surface area contributed by atoms with Gasteiger partial charge in [0.1, 0.15) is 0 Å². The quantitative estimate of drug-likeness (QED) is 0.735. The second kappa shape index (κ2) is 7.11. The van der Waals surface area contributed by atoms with Gasteiger partial charge >= 0.3 is 0 Å². The van der Waals surface area contributed by atoms with Crippen LogP contribution in [0.15, 0.2) is 24.4 Å². The number of carbonyl (C=O) groups excluding carboxylic acids is 1. The van der Waals surface area contributed by atoms with Crippen molar-refractivity contribution in [3.05, 3.63) is 41.3 Å². The summed E-state index contributed by atoms with van der Waals surface area (Å²) in [7, 11) is 1.87. The number of pyridine rings is 2. The minimum Gasteiger partial charge on any atom is -0.378 e. The predicted molar refractivity (Wildman–Crippen MR) is 110 cm³/mol. The van der Waals surface area contributed by atoms with Gasteiger partial charge in [-0.05, 0) is 38.0 Å². The zero-order valence-corrected chi connectivity index (χ0v) is 16.7. The molecule has 0 unspecified atom stereocenters. The summed E-state index contributed by atoms with van der Waals surface area (Å²) >= 11 is 0. The number of nitrogens with one attached hydrogen (secondary N) is 1. The van der Waals surface area contributed by atoms with Gasteiger partial charge in [0.25, 0.3) is 5.91 Å². The Morgan fingerprint density at radius 3 is 2.83 bits per heavy atom. The number of ether oxygens (including phenoxy) is 1. The molecule has 4 heterocycles. The summed E-state index contributed by atoms with van der Waals surface area (Å²) in [5.41, 5.74) is 3.88. The van der Waals surface area contributed by atoms with Gasteiger partial charge in [-0.3, -0.25) is 9.48 Å². The molecule has 2 fully saturated rings. The van der Waals surface area contributed by atoms with Crippen LogP contribution in [0.4, 0.5) is 11.5 Å². The lowest BCUT2D eigenvalue weighted by Gasteiger charge is -2.29. The summed E-state index contributed by atoms with van der Waals surface area (Å²) in [6.07, 6.45) is 4.00. The van der Waals surface area contributed by atoms with Gasteiger partial charge in [-0.1, -0.05) is 0 Å². The number of amides is 1. The number of fused-ring (bicyclic) bond motifs is 1. The number of aromatic nitrogens is 4. The topological polar surface area (TPSA) is 85.2 Å². The molecule has 1 N–H and O–H groups in total. The highest BCUT2D eigenvalue weighted by Gasteiger charge is 2.29. The van der Waals surface area contributed by atoms with Gasteiger partial charge in [-0.15, -0.1) is 0 Å². The zero-order valence-electron chi connectivity index (χ0n) is 16.7. The highest BCUT2D eigenvalue weighted by molar-refractivity contribution is 6.13. The van der Waals surface area contributed by atoms with Crippen molar-refractivity contribution < 1.29 is 9.53 Å². The number of morpholine rings is 1. The van der Waals surface area contributed by atoms with Gasteiger partial charge in [0.05, 0.1) is 35.5 Å². The number of hydrogen-bond donors (Lipinski definition) is 1. The molecule has 150 valence electrons. The van der Waals surface area contributed by atoms with E-state index in [0.29, 0.717) is 30.4 Å². The van der Waals surface area contributed by atoms with E-state index in [1.807, 2.05) is 32.2 Å². The van der Waals surface area contributed by atoms with Gasteiger partial charge in [0.15, 0.2) is 11.5 Å². The summed E-state index contributed by atoms with van der Waals surface area (Å²) in [5, 5.41) is 8.39. The highest BCUT2D eigenvalue weighted by atomic mass is 16.5. The van der Waals surface area contributed by atoms with Gasteiger partial charge < -0.3 is 15.0 Å². The molecule has 0 bridgehead atoms. The normalized spacial score (nSPS) is 17.0. The molecule has 0 atom stereocenters. The van der Waals surface area contributed by atoms with Crippen LogP contribution in [0.5, 0.6) is 0 Å². The Morgan fingerprint density at radius 1 is 1.28 bits per heavy atom. The lowest BCUT2D eigenvalue weighted by molar-refractivity contribution is 0.102. The molecule has 8 heteroatoms. The third kappa shape index (κ3) is 3.33. The summed E-state index contributed by atoms with van der Waals surface area (Å²) in [4.78, 5) is 24.8. The van der Waals surface area contributed by atoms with E-state index in [0.717, 1.165) is 54.2 Å². The number of hydrogen-bond acceptors (Lipinski definition) is 6. The van der Waals surface area contributed by atoms with Gasteiger partial charge in [0, 0.05) is 37.9 Å². The Labute approximate surface area is 168 Å². The average Bonchev–Trinajstić information content (AvgIpc) is 3.55. The van der Waals surface area contributed by atoms with E-state index < -0.39 is 0 Å². The average molecular weight is 392 g/mol.